The SMILES string of the molecule is CC1(C)CC(=O)C2(CC(=C3SCCS3)C(=O)CC2c2ccccc2)C1=O. The maximum absolute atomic E-state index is 13.5. The Hall–Kier alpha value is -1.33. The van der Waals surface area contributed by atoms with E-state index in [1.807, 2.05) is 44.2 Å². The van der Waals surface area contributed by atoms with Crippen LogP contribution in [0.15, 0.2) is 40.1 Å². The van der Waals surface area contributed by atoms with Gasteiger partial charge in [-0.1, -0.05) is 44.2 Å². The zero-order valence-electron chi connectivity index (χ0n) is 15.0. The van der Waals surface area contributed by atoms with Crippen molar-refractivity contribution in [3.05, 3.63) is 45.7 Å². The first kappa shape index (κ1) is 18.1. The molecule has 0 bridgehead atoms. The monoisotopic (exact) mass is 386 g/mol. The van der Waals surface area contributed by atoms with Gasteiger partial charge in [0.2, 0.25) is 0 Å². The molecule has 1 aromatic carbocycles. The highest BCUT2D eigenvalue weighted by atomic mass is 32.2. The van der Waals surface area contributed by atoms with Gasteiger partial charge >= 0.3 is 0 Å². The van der Waals surface area contributed by atoms with Crippen LogP contribution in [0.2, 0.25) is 0 Å². The van der Waals surface area contributed by atoms with E-state index >= 15 is 0 Å². The molecule has 3 aliphatic rings. The normalized spacial score (nSPS) is 31.3. The van der Waals surface area contributed by atoms with Crippen LogP contribution < -0.4 is 0 Å². The first-order valence-corrected chi connectivity index (χ1v) is 11.0. The molecular weight excluding hydrogens is 364 g/mol. The van der Waals surface area contributed by atoms with Crippen LogP contribution >= 0.6 is 23.5 Å². The third-order valence-electron chi connectivity index (χ3n) is 5.89. The fourth-order valence-electron chi connectivity index (χ4n) is 4.64. The Labute approximate surface area is 162 Å². The summed E-state index contributed by atoms with van der Waals surface area (Å²) in [5, 5.41) is 0. The van der Waals surface area contributed by atoms with Crippen LogP contribution in [0.1, 0.15) is 44.6 Å². The minimum absolute atomic E-state index is 0.0138. The lowest BCUT2D eigenvalue weighted by molar-refractivity contribution is -0.141. The van der Waals surface area contributed by atoms with Crippen molar-refractivity contribution in [2.75, 3.05) is 11.5 Å². The van der Waals surface area contributed by atoms with Crippen molar-refractivity contribution in [3.63, 3.8) is 0 Å². The van der Waals surface area contributed by atoms with Crippen LogP contribution in [0.3, 0.4) is 0 Å². The largest absolute Gasteiger partial charge is 0.299 e. The Bertz CT molecular complexity index is 817. The van der Waals surface area contributed by atoms with Gasteiger partial charge in [0.05, 0.1) is 5.41 Å². The molecule has 0 N–H and O–H groups in total. The van der Waals surface area contributed by atoms with Crippen LogP contribution in [-0.4, -0.2) is 28.9 Å². The van der Waals surface area contributed by atoms with Crippen molar-refractivity contribution in [1.82, 2.24) is 0 Å². The number of ketones is 3. The maximum atomic E-state index is 13.5. The van der Waals surface area contributed by atoms with E-state index in [-0.39, 0.29) is 42.5 Å². The molecule has 2 atom stereocenters. The number of carbonyl (C=O) groups excluding carboxylic acids is 3. The first-order valence-electron chi connectivity index (χ1n) is 9.01. The van der Waals surface area contributed by atoms with Crippen molar-refractivity contribution >= 4 is 40.9 Å². The predicted octanol–water partition coefficient (Wildman–Crippen LogP) is 4.38. The highest BCUT2D eigenvalue weighted by Crippen LogP contribution is 2.59. The van der Waals surface area contributed by atoms with E-state index in [0.717, 1.165) is 26.9 Å². The van der Waals surface area contributed by atoms with Crippen molar-refractivity contribution in [1.29, 1.82) is 0 Å². The van der Waals surface area contributed by atoms with Crippen molar-refractivity contribution < 1.29 is 14.4 Å². The number of Topliss-reactive ketones (excluding diaryl/α,β-unsaturated/α-hetero) is 3. The fourth-order valence-corrected chi connectivity index (χ4v) is 7.23. The van der Waals surface area contributed by atoms with E-state index in [2.05, 4.69) is 0 Å². The second-order valence-corrected chi connectivity index (χ2v) is 10.5. The maximum Gasteiger partial charge on any atom is 0.161 e. The Kier molecular flexibility index (Phi) is 4.43. The Morgan fingerprint density at radius 1 is 0.962 bits per heavy atom. The first-order chi connectivity index (χ1) is 12.4. The van der Waals surface area contributed by atoms with Crippen molar-refractivity contribution in [2.24, 2.45) is 10.8 Å². The van der Waals surface area contributed by atoms with Gasteiger partial charge in [0, 0.05) is 45.5 Å². The molecule has 0 amide bonds. The lowest BCUT2D eigenvalue weighted by atomic mass is 9.59. The van der Waals surface area contributed by atoms with E-state index in [1.54, 1.807) is 23.5 Å². The van der Waals surface area contributed by atoms with Gasteiger partial charge in [-0.25, -0.2) is 0 Å². The Morgan fingerprint density at radius 2 is 1.62 bits per heavy atom. The lowest BCUT2D eigenvalue weighted by Gasteiger charge is -2.40. The molecule has 1 aliphatic heterocycles. The molecule has 2 aliphatic carbocycles. The molecule has 3 fully saturated rings. The molecule has 4 rings (SSSR count). The molecule has 0 radical (unpaired) electrons. The summed E-state index contributed by atoms with van der Waals surface area (Å²) < 4.78 is 1.03. The fraction of sp³-hybridized carbons (Fsp3) is 0.476. The van der Waals surface area contributed by atoms with Gasteiger partial charge in [0.25, 0.3) is 0 Å². The standard InChI is InChI=1S/C21H22O3S2/c1-20(2)12-17(23)21(19(20)24)11-14(18-25-8-9-26-18)16(22)10-15(21)13-6-4-3-5-7-13/h3-7,15H,8-12H2,1-2H3. The van der Waals surface area contributed by atoms with Gasteiger partial charge in [-0.05, 0) is 12.0 Å². The molecule has 26 heavy (non-hydrogen) atoms. The summed E-state index contributed by atoms with van der Waals surface area (Å²) in [6, 6.07) is 9.65. The number of carbonyl (C=O) groups is 3. The quantitative estimate of drug-likeness (QED) is 0.530. The molecule has 2 saturated carbocycles. The average Bonchev–Trinajstić information content (AvgIpc) is 3.20. The van der Waals surface area contributed by atoms with Crippen LogP contribution in [0.5, 0.6) is 0 Å². The summed E-state index contributed by atoms with van der Waals surface area (Å²) in [6.45, 7) is 3.73. The molecule has 136 valence electrons. The second-order valence-electron chi connectivity index (χ2n) is 8.01. The smallest absolute Gasteiger partial charge is 0.161 e. The molecule has 5 heteroatoms. The van der Waals surface area contributed by atoms with E-state index < -0.39 is 10.8 Å². The number of rotatable bonds is 1. The van der Waals surface area contributed by atoms with Gasteiger partial charge in [-0.15, -0.1) is 23.5 Å². The topological polar surface area (TPSA) is 51.2 Å². The number of hydrogen-bond acceptors (Lipinski definition) is 5. The molecule has 1 aromatic rings. The van der Waals surface area contributed by atoms with Crippen LogP contribution in [0.25, 0.3) is 0 Å². The van der Waals surface area contributed by atoms with Crippen LogP contribution in [-0.2, 0) is 14.4 Å². The van der Waals surface area contributed by atoms with E-state index in [1.165, 1.54) is 0 Å². The summed E-state index contributed by atoms with van der Waals surface area (Å²) >= 11 is 3.39. The third kappa shape index (κ3) is 2.63. The number of allylic oxidation sites excluding steroid dienone is 1. The van der Waals surface area contributed by atoms with Crippen molar-refractivity contribution in [2.45, 2.75) is 39.0 Å². The van der Waals surface area contributed by atoms with Crippen molar-refractivity contribution in [3.8, 4) is 0 Å². The highest BCUT2D eigenvalue weighted by Gasteiger charge is 2.64. The number of thioether (sulfide) groups is 2. The minimum atomic E-state index is -1.08. The van der Waals surface area contributed by atoms with E-state index in [9.17, 15) is 14.4 Å². The molecule has 1 spiro atoms. The molecule has 1 saturated heterocycles. The summed E-state index contributed by atoms with van der Waals surface area (Å²) in [4.78, 5) is 39.7. The summed E-state index contributed by atoms with van der Waals surface area (Å²) in [5.41, 5.74) is -0.0822. The Morgan fingerprint density at radius 3 is 2.19 bits per heavy atom. The van der Waals surface area contributed by atoms with Gasteiger partial charge in [0.15, 0.2) is 11.6 Å². The summed E-state index contributed by atoms with van der Waals surface area (Å²) in [6.07, 6.45) is 0.797. The lowest BCUT2D eigenvalue weighted by Crippen LogP contribution is -2.46. The summed E-state index contributed by atoms with van der Waals surface area (Å²) in [7, 11) is 0. The zero-order valence-corrected chi connectivity index (χ0v) is 16.7. The van der Waals surface area contributed by atoms with E-state index in [4.69, 9.17) is 0 Å². The van der Waals surface area contributed by atoms with Gasteiger partial charge < -0.3 is 0 Å². The van der Waals surface area contributed by atoms with Crippen LogP contribution in [0, 0.1) is 10.8 Å². The predicted molar refractivity (Wildman–Crippen MR) is 106 cm³/mol. The highest BCUT2D eigenvalue weighted by molar-refractivity contribution is 8.25. The minimum Gasteiger partial charge on any atom is -0.299 e. The molecular formula is C21H22O3S2. The van der Waals surface area contributed by atoms with Gasteiger partial charge in [0.1, 0.15) is 5.78 Å². The van der Waals surface area contributed by atoms with Crippen LogP contribution in [0.4, 0.5) is 0 Å². The average molecular weight is 387 g/mol. The van der Waals surface area contributed by atoms with Gasteiger partial charge in [-0.2, -0.15) is 0 Å². The Balaban J connectivity index is 1.87. The number of hydrogen-bond donors (Lipinski definition) is 0. The molecule has 3 nitrogen and oxygen atoms in total. The zero-order chi connectivity index (χ0) is 18.5. The third-order valence-corrected chi connectivity index (χ3v) is 8.69. The molecule has 1 heterocycles. The second kappa shape index (κ2) is 6.38. The molecule has 0 aromatic heterocycles. The number of benzene rings is 1. The van der Waals surface area contributed by atoms with Gasteiger partial charge in [-0.3, -0.25) is 14.4 Å². The summed E-state index contributed by atoms with van der Waals surface area (Å²) in [5.74, 6) is 1.76. The molecule has 2 unspecified atom stereocenters. The van der Waals surface area contributed by atoms with E-state index in [0.29, 0.717) is 0 Å².